The fourth-order valence-corrected chi connectivity index (χ4v) is 3.73. The second-order valence-electron chi connectivity index (χ2n) is 8.29. The molecule has 1 aliphatic rings. The Bertz CT molecular complexity index is 1160. The summed E-state index contributed by atoms with van der Waals surface area (Å²) in [5.74, 6) is 0.909. The van der Waals surface area contributed by atoms with Crippen molar-refractivity contribution in [1.29, 1.82) is 0 Å². The number of aryl methyl sites for hydroxylation is 1. The molecule has 4 rings (SSSR count). The van der Waals surface area contributed by atoms with Crippen LogP contribution >= 0.6 is 12.2 Å². The average Bonchev–Trinajstić information content (AvgIpc) is 3.57. The number of nitrogens with zero attached hydrogens (tertiary/aromatic N) is 2. The van der Waals surface area contributed by atoms with Gasteiger partial charge in [-0.05, 0) is 56.6 Å². The van der Waals surface area contributed by atoms with Crippen molar-refractivity contribution in [1.82, 2.24) is 20.1 Å². The normalized spacial score (nSPS) is 14.1. The molecule has 0 saturated heterocycles. The van der Waals surface area contributed by atoms with Crippen molar-refractivity contribution >= 4 is 29.7 Å². The number of amides is 2. The lowest BCUT2D eigenvalue weighted by Gasteiger charge is -2.15. The SMILES string of the molecule is Cc1ccc(-c2n[nH]c(=S)n2CCC(=O)NC(C)c2ccc(NC(=O)C3CC3)cc2)cc1. The van der Waals surface area contributed by atoms with Crippen molar-refractivity contribution in [2.75, 3.05) is 5.32 Å². The molecule has 3 N–H and O–H groups in total. The summed E-state index contributed by atoms with van der Waals surface area (Å²) < 4.78 is 2.34. The van der Waals surface area contributed by atoms with Crippen LogP contribution in [0.3, 0.4) is 0 Å². The Morgan fingerprint density at radius 1 is 1.16 bits per heavy atom. The number of carbonyl (C=O) groups is 2. The molecule has 8 heteroatoms. The van der Waals surface area contributed by atoms with Gasteiger partial charge in [0, 0.05) is 30.1 Å². The summed E-state index contributed by atoms with van der Waals surface area (Å²) in [5.41, 5.74) is 3.87. The van der Waals surface area contributed by atoms with E-state index in [-0.39, 0.29) is 30.2 Å². The lowest BCUT2D eigenvalue weighted by Crippen LogP contribution is -2.27. The van der Waals surface area contributed by atoms with Gasteiger partial charge in [0.25, 0.3) is 0 Å². The number of carbonyl (C=O) groups excluding carboxylic acids is 2. The van der Waals surface area contributed by atoms with Gasteiger partial charge < -0.3 is 10.6 Å². The number of nitrogens with one attached hydrogen (secondary N) is 3. The van der Waals surface area contributed by atoms with E-state index in [1.54, 1.807) is 0 Å². The summed E-state index contributed by atoms with van der Waals surface area (Å²) in [6, 6.07) is 15.5. The molecule has 3 aromatic rings. The molecule has 0 aliphatic heterocycles. The molecule has 1 atom stereocenters. The minimum Gasteiger partial charge on any atom is -0.350 e. The fraction of sp³-hybridized carbons (Fsp3) is 0.333. The van der Waals surface area contributed by atoms with E-state index in [1.807, 2.05) is 66.9 Å². The van der Waals surface area contributed by atoms with E-state index in [4.69, 9.17) is 12.2 Å². The van der Waals surface area contributed by atoms with Gasteiger partial charge in [-0.25, -0.2) is 0 Å². The molecule has 0 bridgehead atoms. The van der Waals surface area contributed by atoms with E-state index >= 15 is 0 Å². The number of benzene rings is 2. The number of hydrogen-bond acceptors (Lipinski definition) is 4. The zero-order chi connectivity index (χ0) is 22.7. The van der Waals surface area contributed by atoms with Gasteiger partial charge in [0.15, 0.2) is 10.6 Å². The first kappa shape index (κ1) is 22.0. The summed E-state index contributed by atoms with van der Waals surface area (Å²) in [7, 11) is 0. The van der Waals surface area contributed by atoms with E-state index in [2.05, 4.69) is 20.8 Å². The first-order valence-corrected chi connectivity index (χ1v) is 11.2. The van der Waals surface area contributed by atoms with Crippen molar-refractivity contribution in [2.24, 2.45) is 5.92 Å². The van der Waals surface area contributed by atoms with Gasteiger partial charge in [-0.15, -0.1) is 0 Å². The zero-order valence-electron chi connectivity index (χ0n) is 18.2. The fourth-order valence-electron chi connectivity index (χ4n) is 3.50. The number of anilines is 1. The molecular formula is C24H27N5O2S. The van der Waals surface area contributed by atoms with Crippen LogP contribution in [-0.2, 0) is 16.1 Å². The quantitative estimate of drug-likeness (QED) is 0.441. The van der Waals surface area contributed by atoms with Crippen LogP contribution in [0.5, 0.6) is 0 Å². The van der Waals surface area contributed by atoms with Crippen LogP contribution in [0.4, 0.5) is 5.69 Å². The second kappa shape index (κ2) is 9.48. The molecule has 1 fully saturated rings. The molecule has 0 radical (unpaired) electrons. The molecule has 2 aromatic carbocycles. The number of rotatable bonds is 8. The minimum absolute atomic E-state index is 0.0680. The maximum atomic E-state index is 12.6. The Hall–Kier alpha value is -3.26. The largest absolute Gasteiger partial charge is 0.350 e. The highest BCUT2D eigenvalue weighted by Crippen LogP contribution is 2.30. The Labute approximate surface area is 192 Å². The lowest BCUT2D eigenvalue weighted by molar-refractivity contribution is -0.122. The predicted octanol–water partition coefficient (Wildman–Crippen LogP) is 4.53. The van der Waals surface area contributed by atoms with Gasteiger partial charge in [-0.3, -0.25) is 19.3 Å². The number of H-pyrrole nitrogens is 1. The van der Waals surface area contributed by atoms with E-state index < -0.39 is 0 Å². The number of aromatic nitrogens is 3. The summed E-state index contributed by atoms with van der Waals surface area (Å²) in [6.07, 6.45) is 2.24. The van der Waals surface area contributed by atoms with Gasteiger partial charge in [0.05, 0.1) is 6.04 Å². The smallest absolute Gasteiger partial charge is 0.227 e. The van der Waals surface area contributed by atoms with Crippen molar-refractivity contribution in [3.63, 3.8) is 0 Å². The molecule has 1 heterocycles. The Balaban J connectivity index is 1.33. The van der Waals surface area contributed by atoms with Gasteiger partial charge in [0.2, 0.25) is 11.8 Å². The van der Waals surface area contributed by atoms with E-state index in [9.17, 15) is 9.59 Å². The molecule has 0 spiro atoms. The average molecular weight is 450 g/mol. The van der Waals surface area contributed by atoms with Gasteiger partial charge in [0.1, 0.15) is 0 Å². The third kappa shape index (κ3) is 5.31. The second-order valence-corrected chi connectivity index (χ2v) is 8.68. The minimum atomic E-state index is -0.149. The number of hydrogen-bond donors (Lipinski definition) is 3. The van der Waals surface area contributed by atoms with Crippen LogP contribution < -0.4 is 10.6 Å². The van der Waals surface area contributed by atoms with Gasteiger partial charge >= 0.3 is 0 Å². The Morgan fingerprint density at radius 3 is 2.50 bits per heavy atom. The molecular weight excluding hydrogens is 422 g/mol. The molecule has 2 amide bonds. The predicted molar refractivity (Wildman–Crippen MR) is 127 cm³/mol. The first-order chi connectivity index (χ1) is 15.4. The third-order valence-corrected chi connectivity index (χ3v) is 5.95. The van der Waals surface area contributed by atoms with Gasteiger partial charge in [-0.2, -0.15) is 5.10 Å². The van der Waals surface area contributed by atoms with Crippen LogP contribution in [0.25, 0.3) is 11.4 Å². The summed E-state index contributed by atoms with van der Waals surface area (Å²) in [6.45, 7) is 4.41. The molecule has 1 aliphatic carbocycles. The van der Waals surface area contributed by atoms with Gasteiger partial charge in [-0.1, -0.05) is 42.0 Å². The maximum absolute atomic E-state index is 12.6. The van der Waals surface area contributed by atoms with Crippen molar-refractivity contribution in [3.8, 4) is 11.4 Å². The van der Waals surface area contributed by atoms with Crippen molar-refractivity contribution in [2.45, 2.75) is 45.7 Å². The van der Waals surface area contributed by atoms with E-state index in [0.717, 1.165) is 35.5 Å². The molecule has 1 saturated carbocycles. The van der Waals surface area contributed by atoms with Crippen molar-refractivity contribution < 1.29 is 9.59 Å². The van der Waals surface area contributed by atoms with Crippen LogP contribution in [0.2, 0.25) is 0 Å². The summed E-state index contributed by atoms with van der Waals surface area (Å²) >= 11 is 5.36. The highest BCUT2D eigenvalue weighted by Gasteiger charge is 2.29. The summed E-state index contributed by atoms with van der Waals surface area (Å²) in [5, 5.41) is 13.1. The monoisotopic (exact) mass is 449 g/mol. The number of aromatic amines is 1. The Kier molecular flexibility index (Phi) is 6.50. The van der Waals surface area contributed by atoms with Crippen LogP contribution in [0, 0.1) is 17.6 Å². The lowest BCUT2D eigenvalue weighted by atomic mass is 10.1. The van der Waals surface area contributed by atoms with Crippen LogP contribution in [0.1, 0.15) is 43.4 Å². The molecule has 1 aromatic heterocycles. The summed E-state index contributed by atoms with van der Waals surface area (Å²) in [4.78, 5) is 24.5. The first-order valence-electron chi connectivity index (χ1n) is 10.8. The Morgan fingerprint density at radius 2 is 1.84 bits per heavy atom. The third-order valence-electron chi connectivity index (χ3n) is 5.63. The molecule has 1 unspecified atom stereocenters. The van der Waals surface area contributed by atoms with E-state index in [1.165, 1.54) is 5.56 Å². The van der Waals surface area contributed by atoms with Crippen molar-refractivity contribution in [3.05, 3.63) is 64.4 Å². The van der Waals surface area contributed by atoms with Crippen LogP contribution in [0.15, 0.2) is 48.5 Å². The van der Waals surface area contributed by atoms with E-state index in [0.29, 0.717) is 11.3 Å². The highest BCUT2D eigenvalue weighted by atomic mass is 32.1. The topological polar surface area (TPSA) is 91.8 Å². The zero-order valence-corrected chi connectivity index (χ0v) is 19.0. The van der Waals surface area contributed by atoms with Crippen LogP contribution in [-0.4, -0.2) is 26.6 Å². The standard InChI is InChI=1S/C24H27N5O2S/c1-15-3-5-18(6-4-15)22-27-28-24(32)29(22)14-13-21(30)25-16(2)17-9-11-20(12-10-17)26-23(31)19-7-8-19/h3-6,9-12,16,19H,7-8,13-14H2,1-2H3,(H,25,30)(H,26,31)(H,28,32). The highest BCUT2D eigenvalue weighted by molar-refractivity contribution is 7.71. The molecule has 7 nitrogen and oxygen atoms in total. The molecule has 166 valence electrons. The maximum Gasteiger partial charge on any atom is 0.227 e. The molecule has 32 heavy (non-hydrogen) atoms.